The number of carboxylic acids is 1. The van der Waals surface area contributed by atoms with Crippen LogP contribution in [0.5, 0.6) is 5.75 Å². The van der Waals surface area contributed by atoms with Gasteiger partial charge in [-0.1, -0.05) is 24.1 Å². The Balaban J connectivity index is 1.78. The van der Waals surface area contributed by atoms with Gasteiger partial charge in [0.25, 0.3) is 0 Å². The highest BCUT2D eigenvalue weighted by molar-refractivity contribution is 7.99. The number of hydrogen-bond donors (Lipinski definition) is 1. The summed E-state index contributed by atoms with van der Waals surface area (Å²) in [6, 6.07) is 5.48. The molecule has 1 aliphatic heterocycles. The molecule has 2 aliphatic rings. The average Bonchev–Trinajstić information content (AvgIpc) is 2.41. The molecule has 1 heterocycles. The Morgan fingerprint density at radius 3 is 2.71 bits per heavy atom. The van der Waals surface area contributed by atoms with Crippen molar-refractivity contribution in [1.29, 1.82) is 0 Å². The molecule has 5 heteroatoms. The van der Waals surface area contributed by atoms with Crippen molar-refractivity contribution in [1.82, 2.24) is 0 Å². The standard InChI is InChI=1S/C16H19ClO3S/c17-13-9-11(16(15(18)19)6-2-7-16)4-5-14(13)20-12-3-1-8-21-10-12/h4-5,9,12H,1-3,6-8,10H2,(H,18,19). The predicted molar refractivity (Wildman–Crippen MR) is 85.6 cm³/mol. The van der Waals surface area contributed by atoms with Crippen molar-refractivity contribution in [2.75, 3.05) is 11.5 Å². The first-order valence-electron chi connectivity index (χ1n) is 7.40. The van der Waals surface area contributed by atoms with E-state index in [0.717, 1.165) is 24.2 Å². The molecule has 1 N–H and O–H groups in total. The monoisotopic (exact) mass is 326 g/mol. The summed E-state index contributed by atoms with van der Waals surface area (Å²) in [5, 5.41) is 10.0. The minimum absolute atomic E-state index is 0.212. The zero-order valence-corrected chi connectivity index (χ0v) is 13.4. The van der Waals surface area contributed by atoms with E-state index < -0.39 is 11.4 Å². The predicted octanol–water partition coefficient (Wildman–Crippen LogP) is 4.12. The molecular weight excluding hydrogens is 308 g/mol. The van der Waals surface area contributed by atoms with E-state index in [-0.39, 0.29) is 6.10 Å². The van der Waals surface area contributed by atoms with Gasteiger partial charge in [-0.25, -0.2) is 0 Å². The molecule has 1 unspecified atom stereocenters. The maximum atomic E-state index is 11.5. The summed E-state index contributed by atoms with van der Waals surface area (Å²) < 4.78 is 5.97. The van der Waals surface area contributed by atoms with Crippen LogP contribution < -0.4 is 4.74 Å². The number of hydrogen-bond acceptors (Lipinski definition) is 3. The van der Waals surface area contributed by atoms with E-state index in [1.807, 2.05) is 23.9 Å². The molecule has 3 rings (SSSR count). The fraction of sp³-hybridized carbons (Fsp3) is 0.562. The Kier molecular flexibility index (Phi) is 4.36. The van der Waals surface area contributed by atoms with Crippen LogP contribution in [0.4, 0.5) is 0 Å². The van der Waals surface area contributed by atoms with Crippen molar-refractivity contribution < 1.29 is 14.6 Å². The van der Waals surface area contributed by atoms with Crippen molar-refractivity contribution in [2.45, 2.75) is 43.6 Å². The van der Waals surface area contributed by atoms with Gasteiger partial charge in [0, 0.05) is 5.75 Å². The summed E-state index contributed by atoms with van der Waals surface area (Å²) in [4.78, 5) is 11.5. The van der Waals surface area contributed by atoms with Crippen LogP contribution in [0.1, 0.15) is 37.7 Å². The number of aliphatic carboxylic acids is 1. The number of thioether (sulfide) groups is 1. The van der Waals surface area contributed by atoms with Crippen molar-refractivity contribution in [3.63, 3.8) is 0 Å². The van der Waals surface area contributed by atoms with Gasteiger partial charge in [-0.05, 0) is 49.1 Å². The molecule has 114 valence electrons. The molecule has 2 fully saturated rings. The molecule has 1 aromatic rings. The van der Waals surface area contributed by atoms with Crippen molar-refractivity contribution in [2.24, 2.45) is 0 Å². The third-order valence-corrected chi connectivity index (χ3v) is 5.99. The molecule has 1 aromatic carbocycles. The Bertz CT molecular complexity index is 536. The van der Waals surface area contributed by atoms with E-state index in [4.69, 9.17) is 16.3 Å². The van der Waals surface area contributed by atoms with E-state index in [1.54, 1.807) is 6.07 Å². The molecule has 1 saturated carbocycles. The van der Waals surface area contributed by atoms with Gasteiger partial charge in [-0.2, -0.15) is 11.8 Å². The quantitative estimate of drug-likeness (QED) is 0.904. The second-order valence-corrected chi connectivity index (χ2v) is 7.40. The molecule has 1 aliphatic carbocycles. The summed E-state index contributed by atoms with van der Waals surface area (Å²) in [7, 11) is 0. The van der Waals surface area contributed by atoms with Crippen molar-refractivity contribution >= 4 is 29.3 Å². The highest BCUT2D eigenvalue weighted by Crippen LogP contribution is 2.45. The molecule has 0 amide bonds. The fourth-order valence-electron chi connectivity index (χ4n) is 3.03. The molecule has 1 atom stereocenters. The SMILES string of the molecule is O=C(O)C1(c2ccc(OC3CCCSC3)c(Cl)c2)CCC1. The summed E-state index contributed by atoms with van der Waals surface area (Å²) in [5.41, 5.74) is 0.0692. The highest BCUT2D eigenvalue weighted by atomic mass is 35.5. The van der Waals surface area contributed by atoms with Crippen LogP contribution in [0.25, 0.3) is 0 Å². The molecule has 21 heavy (non-hydrogen) atoms. The summed E-state index contributed by atoms with van der Waals surface area (Å²) >= 11 is 8.22. The third kappa shape index (κ3) is 2.88. The van der Waals surface area contributed by atoms with Crippen LogP contribution in [-0.2, 0) is 10.2 Å². The van der Waals surface area contributed by atoms with Gasteiger partial charge in [0.15, 0.2) is 0 Å². The molecule has 0 spiro atoms. The lowest BCUT2D eigenvalue weighted by atomic mass is 9.64. The minimum atomic E-state index is -0.748. The smallest absolute Gasteiger partial charge is 0.314 e. The molecule has 0 aromatic heterocycles. The molecular formula is C16H19ClO3S. The number of halogens is 1. The van der Waals surface area contributed by atoms with Gasteiger partial charge in [0.05, 0.1) is 10.4 Å². The Labute approximate surface area is 134 Å². The molecule has 1 saturated heterocycles. The molecule has 0 radical (unpaired) electrons. The lowest BCUT2D eigenvalue weighted by Gasteiger charge is -2.38. The van der Waals surface area contributed by atoms with Gasteiger partial charge in [-0.15, -0.1) is 0 Å². The van der Waals surface area contributed by atoms with Gasteiger partial charge in [0.2, 0.25) is 0 Å². The van der Waals surface area contributed by atoms with Crippen LogP contribution in [-0.4, -0.2) is 28.7 Å². The van der Waals surface area contributed by atoms with Crippen LogP contribution in [0.3, 0.4) is 0 Å². The first kappa shape index (κ1) is 15.0. The van der Waals surface area contributed by atoms with E-state index >= 15 is 0 Å². The number of carbonyl (C=O) groups is 1. The first-order chi connectivity index (χ1) is 10.1. The van der Waals surface area contributed by atoms with Crippen LogP contribution in [0.2, 0.25) is 5.02 Å². The maximum Gasteiger partial charge on any atom is 0.314 e. The summed E-state index contributed by atoms with van der Waals surface area (Å²) in [5.74, 6) is 2.13. The third-order valence-electron chi connectivity index (χ3n) is 4.51. The zero-order chi connectivity index (χ0) is 14.9. The van der Waals surface area contributed by atoms with Gasteiger partial charge < -0.3 is 9.84 Å². The lowest BCUT2D eigenvalue weighted by molar-refractivity contribution is -0.147. The van der Waals surface area contributed by atoms with E-state index in [1.165, 1.54) is 12.2 Å². The number of benzene rings is 1. The number of rotatable bonds is 4. The van der Waals surface area contributed by atoms with Crippen LogP contribution >= 0.6 is 23.4 Å². The number of ether oxygens (including phenoxy) is 1. The van der Waals surface area contributed by atoms with Crippen molar-refractivity contribution in [3.8, 4) is 5.75 Å². The topological polar surface area (TPSA) is 46.5 Å². The van der Waals surface area contributed by atoms with Crippen LogP contribution in [0.15, 0.2) is 18.2 Å². The first-order valence-corrected chi connectivity index (χ1v) is 8.93. The van der Waals surface area contributed by atoms with Crippen molar-refractivity contribution in [3.05, 3.63) is 28.8 Å². The molecule has 0 bridgehead atoms. The lowest BCUT2D eigenvalue weighted by Crippen LogP contribution is -2.42. The van der Waals surface area contributed by atoms with E-state index in [9.17, 15) is 9.90 Å². The largest absolute Gasteiger partial charge is 0.488 e. The summed E-state index contributed by atoms with van der Waals surface area (Å²) in [6.07, 6.45) is 4.79. The minimum Gasteiger partial charge on any atom is -0.488 e. The number of carboxylic acid groups (broad SMARTS) is 1. The highest BCUT2D eigenvalue weighted by Gasteiger charge is 2.46. The Morgan fingerprint density at radius 1 is 1.38 bits per heavy atom. The van der Waals surface area contributed by atoms with Gasteiger partial charge in [0.1, 0.15) is 11.9 Å². The Hall–Kier alpha value is -0.870. The van der Waals surface area contributed by atoms with Gasteiger partial charge in [-0.3, -0.25) is 4.79 Å². The second kappa shape index (κ2) is 6.09. The fourth-order valence-corrected chi connectivity index (χ4v) is 4.29. The second-order valence-electron chi connectivity index (χ2n) is 5.84. The Morgan fingerprint density at radius 2 is 2.19 bits per heavy atom. The zero-order valence-electron chi connectivity index (χ0n) is 11.8. The summed E-state index contributed by atoms with van der Waals surface area (Å²) in [6.45, 7) is 0. The molecule has 3 nitrogen and oxygen atoms in total. The average molecular weight is 327 g/mol. The maximum absolute atomic E-state index is 11.5. The van der Waals surface area contributed by atoms with E-state index in [2.05, 4.69) is 0 Å². The van der Waals surface area contributed by atoms with Crippen LogP contribution in [0, 0.1) is 0 Å². The van der Waals surface area contributed by atoms with E-state index in [0.29, 0.717) is 23.6 Å². The normalized spacial score (nSPS) is 24.1. The van der Waals surface area contributed by atoms with Gasteiger partial charge >= 0.3 is 5.97 Å².